The van der Waals surface area contributed by atoms with Gasteiger partial charge in [0.25, 0.3) is 0 Å². The molecule has 56 heavy (non-hydrogen) atoms. The van der Waals surface area contributed by atoms with E-state index < -0.39 is 32.5 Å². The molecule has 10 nitrogen and oxygen atoms in total. The van der Waals surface area contributed by atoms with E-state index in [9.17, 15) is 24.2 Å². The summed E-state index contributed by atoms with van der Waals surface area (Å²) in [6.45, 7) is 3.14. The molecule has 0 aliphatic heterocycles. The number of hydrogen-bond acceptors (Lipinski definition) is 9. The van der Waals surface area contributed by atoms with Crippen molar-refractivity contribution < 1.29 is 42.7 Å². The number of aliphatic hydroxyl groups is 1. The first-order valence-electron chi connectivity index (χ1n) is 20.5. The zero-order valence-corrected chi connectivity index (χ0v) is 35.1. The number of phosphoric acid groups is 1. The number of rotatable bonds is 36. The number of ether oxygens (including phenoxy) is 2. The van der Waals surface area contributed by atoms with Gasteiger partial charge in [0.05, 0.1) is 19.3 Å². The second kappa shape index (κ2) is 39.8. The molecule has 0 saturated heterocycles. The molecule has 0 aromatic carbocycles. The lowest BCUT2D eigenvalue weighted by molar-refractivity contribution is -0.161. The monoisotopic (exact) mass is 801 g/mol. The summed E-state index contributed by atoms with van der Waals surface area (Å²) in [5, 5.41) is 9.47. The third-order valence-corrected chi connectivity index (χ3v) is 8.80. The van der Waals surface area contributed by atoms with E-state index in [0.717, 1.165) is 70.6 Å². The zero-order chi connectivity index (χ0) is 41.2. The number of hydrogen-bond donors (Lipinski definition) is 3. The molecule has 0 amide bonds. The van der Waals surface area contributed by atoms with Crippen LogP contribution in [0.4, 0.5) is 0 Å². The van der Waals surface area contributed by atoms with Crippen molar-refractivity contribution in [2.75, 3.05) is 26.4 Å². The van der Waals surface area contributed by atoms with Crippen LogP contribution in [0.3, 0.4) is 0 Å². The van der Waals surface area contributed by atoms with Gasteiger partial charge in [-0.25, -0.2) is 4.57 Å². The highest BCUT2D eigenvalue weighted by molar-refractivity contribution is 7.47. The van der Waals surface area contributed by atoms with Crippen molar-refractivity contribution in [3.63, 3.8) is 0 Å². The number of aliphatic hydroxyl groups excluding tert-OH is 1. The molecule has 0 rings (SSSR count). The van der Waals surface area contributed by atoms with Crippen molar-refractivity contribution in [3.05, 3.63) is 109 Å². The molecule has 0 heterocycles. The molecule has 0 aliphatic rings. The van der Waals surface area contributed by atoms with Gasteiger partial charge in [0.15, 0.2) is 6.10 Å². The Labute approximate surface area is 338 Å². The molecule has 0 aromatic rings. The van der Waals surface area contributed by atoms with Gasteiger partial charge in [0.1, 0.15) is 6.61 Å². The van der Waals surface area contributed by atoms with Crippen LogP contribution in [0.15, 0.2) is 109 Å². The number of carbonyl (C=O) groups excluding carboxylic acids is 2. The summed E-state index contributed by atoms with van der Waals surface area (Å²) in [5.41, 5.74) is 5.33. The van der Waals surface area contributed by atoms with Gasteiger partial charge in [0.2, 0.25) is 0 Å². The zero-order valence-electron chi connectivity index (χ0n) is 34.2. The van der Waals surface area contributed by atoms with Crippen molar-refractivity contribution in [1.82, 2.24) is 0 Å². The first-order valence-corrected chi connectivity index (χ1v) is 22.0. The highest BCUT2D eigenvalue weighted by atomic mass is 31.2. The lowest BCUT2D eigenvalue weighted by Crippen LogP contribution is -2.29. The molecule has 3 atom stereocenters. The lowest BCUT2D eigenvalue weighted by atomic mass is 10.1. The van der Waals surface area contributed by atoms with Crippen LogP contribution in [-0.4, -0.2) is 60.5 Å². The topological polar surface area (TPSA) is 155 Å². The third kappa shape index (κ3) is 38.9. The normalized spacial score (nSPS) is 15.0. The standard InChI is InChI=1S/C45H72NO9P/c1-3-5-6-7-8-9-10-11-12-13-14-18-21-24-27-30-33-36-44(48)52-40-43(41-54-56(50,51)53-39-38-46)55-45(49)37-34-31-28-25-22-19-16-15-17-20-23-26-29-32-35-42(47)4-2/h5-6,8-9,11-12,14,16-20,25-26,28-29,32,35,42-43,47H,3-4,7,10,13,15,21-24,27,30-31,33-34,36-41,46H2,1-2H3,(H,50,51)/b6-5-,9-8-,12-11-,18-14-,19-16-,20-17-,28-25-,29-26-,35-32+/t42-,43-/m1/s1. The smallest absolute Gasteiger partial charge is 0.462 e. The van der Waals surface area contributed by atoms with Crippen molar-refractivity contribution in [3.8, 4) is 0 Å². The highest BCUT2D eigenvalue weighted by Gasteiger charge is 2.25. The van der Waals surface area contributed by atoms with Crippen LogP contribution >= 0.6 is 7.82 Å². The third-order valence-electron chi connectivity index (χ3n) is 7.81. The first-order chi connectivity index (χ1) is 27.2. The Morgan fingerprint density at radius 1 is 0.625 bits per heavy atom. The summed E-state index contributed by atoms with van der Waals surface area (Å²) in [6, 6.07) is 0. The van der Waals surface area contributed by atoms with E-state index in [2.05, 4.69) is 79.8 Å². The van der Waals surface area contributed by atoms with Gasteiger partial charge < -0.3 is 25.2 Å². The molecular formula is C45H72NO9P. The molecule has 0 bridgehead atoms. The molecule has 1 unspecified atom stereocenters. The summed E-state index contributed by atoms with van der Waals surface area (Å²) >= 11 is 0. The minimum absolute atomic E-state index is 0.0279. The van der Waals surface area contributed by atoms with E-state index >= 15 is 0 Å². The molecule has 0 radical (unpaired) electrons. The maximum atomic E-state index is 12.5. The second-order valence-corrected chi connectivity index (χ2v) is 14.4. The minimum atomic E-state index is -4.41. The van der Waals surface area contributed by atoms with E-state index in [4.69, 9.17) is 24.3 Å². The Morgan fingerprint density at radius 2 is 1.14 bits per heavy atom. The molecule has 4 N–H and O–H groups in total. The molecule has 0 spiro atoms. The fourth-order valence-corrected chi connectivity index (χ4v) is 5.43. The number of allylic oxidation sites excluding steroid dienone is 17. The van der Waals surface area contributed by atoms with Gasteiger partial charge in [-0.05, 0) is 83.5 Å². The van der Waals surface area contributed by atoms with Gasteiger partial charge in [0, 0.05) is 19.4 Å². The van der Waals surface area contributed by atoms with Crippen LogP contribution in [0, 0.1) is 0 Å². The Hall–Kier alpha value is -3.37. The average molecular weight is 802 g/mol. The van der Waals surface area contributed by atoms with E-state index in [1.807, 2.05) is 37.3 Å². The Balaban J connectivity index is 4.38. The SMILES string of the molecule is CC/C=C\C/C=C\C/C=C\C/C=C\CCCCCCC(=O)OC[C@H](COP(=O)(O)OCCN)OC(=O)CCC/C=C\C/C=C\C/C=C\C/C=C\C=C\[C@H](O)CC. The Bertz CT molecular complexity index is 1300. The molecule has 11 heteroatoms. The van der Waals surface area contributed by atoms with Gasteiger partial charge in [-0.3, -0.25) is 18.6 Å². The largest absolute Gasteiger partial charge is 0.472 e. The molecule has 0 saturated carbocycles. The molecule has 0 aromatic heterocycles. The predicted octanol–water partition coefficient (Wildman–Crippen LogP) is 10.6. The number of phosphoric ester groups is 1. The van der Waals surface area contributed by atoms with E-state index in [1.54, 1.807) is 6.08 Å². The predicted molar refractivity (Wildman–Crippen MR) is 230 cm³/mol. The lowest BCUT2D eigenvalue weighted by Gasteiger charge is -2.19. The van der Waals surface area contributed by atoms with Crippen LogP contribution in [0.25, 0.3) is 0 Å². The Morgan fingerprint density at radius 3 is 1.71 bits per heavy atom. The fourth-order valence-electron chi connectivity index (χ4n) is 4.67. The average Bonchev–Trinajstić information content (AvgIpc) is 3.18. The fraction of sp³-hybridized carbons (Fsp3) is 0.556. The van der Waals surface area contributed by atoms with E-state index in [1.165, 1.54) is 0 Å². The van der Waals surface area contributed by atoms with Crippen LogP contribution in [0.5, 0.6) is 0 Å². The summed E-state index contributed by atoms with van der Waals surface area (Å²) in [4.78, 5) is 34.8. The van der Waals surface area contributed by atoms with Gasteiger partial charge in [-0.15, -0.1) is 0 Å². The summed E-state index contributed by atoms with van der Waals surface area (Å²) in [7, 11) is -4.41. The van der Waals surface area contributed by atoms with Crippen LogP contribution in [0.1, 0.15) is 123 Å². The van der Waals surface area contributed by atoms with E-state index in [-0.39, 0.29) is 38.7 Å². The maximum absolute atomic E-state index is 12.5. The molecule has 316 valence electrons. The number of carbonyl (C=O) groups is 2. The van der Waals surface area contributed by atoms with Crippen LogP contribution < -0.4 is 5.73 Å². The summed E-state index contributed by atoms with van der Waals surface area (Å²) in [5.74, 6) is -0.958. The minimum Gasteiger partial charge on any atom is -0.462 e. The quantitative estimate of drug-likeness (QED) is 0.0183. The highest BCUT2D eigenvalue weighted by Crippen LogP contribution is 2.43. The van der Waals surface area contributed by atoms with Gasteiger partial charge >= 0.3 is 19.8 Å². The first kappa shape index (κ1) is 52.6. The molecule has 0 fully saturated rings. The van der Waals surface area contributed by atoms with Crippen molar-refractivity contribution in [2.45, 2.75) is 135 Å². The summed E-state index contributed by atoms with van der Waals surface area (Å²) in [6.07, 6.45) is 49.3. The van der Waals surface area contributed by atoms with Gasteiger partial charge in [-0.1, -0.05) is 136 Å². The van der Waals surface area contributed by atoms with Crippen molar-refractivity contribution in [2.24, 2.45) is 5.73 Å². The Kier molecular flexibility index (Phi) is 37.5. The number of esters is 2. The number of nitrogens with two attached hydrogens (primary N) is 1. The van der Waals surface area contributed by atoms with Crippen molar-refractivity contribution >= 4 is 19.8 Å². The van der Waals surface area contributed by atoms with Crippen molar-refractivity contribution in [1.29, 1.82) is 0 Å². The maximum Gasteiger partial charge on any atom is 0.472 e. The molecular weight excluding hydrogens is 729 g/mol. The number of unbranched alkanes of at least 4 members (excludes halogenated alkanes) is 5. The second-order valence-electron chi connectivity index (χ2n) is 12.9. The molecule has 0 aliphatic carbocycles. The summed E-state index contributed by atoms with van der Waals surface area (Å²) < 4.78 is 32.6. The van der Waals surface area contributed by atoms with E-state index in [0.29, 0.717) is 25.7 Å². The van der Waals surface area contributed by atoms with Crippen LogP contribution in [-0.2, 0) is 32.7 Å². The van der Waals surface area contributed by atoms with Crippen LogP contribution in [0.2, 0.25) is 0 Å². The van der Waals surface area contributed by atoms with Gasteiger partial charge in [-0.2, -0.15) is 0 Å².